The Bertz CT molecular complexity index is 260. The highest BCUT2D eigenvalue weighted by Crippen LogP contribution is 2.17. The molecule has 1 unspecified atom stereocenters. The Labute approximate surface area is 99.4 Å². The van der Waals surface area contributed by atoms with Crippen molar-refractivity contribution < 1.29 is 14.7 Å². The summed E-state index contributed by atoms with van der Waals surface area (Å²) in [5, 5.41) is 8.60. The molecule has 1 rings (SSSR count). The standard InChI is InChI=1S/C10H18N2O3S/c11-10(15)8-2-1-3-12(6-8)9(14)7-16-5-4-13/h8,13H,1-7H2,(H2,11,15). The summed E-state index contributed by atoms with van der Waals surface area (Å²) in [5.41, 5.74) is 5.24. The zero-order valence-electron chi connectivity index (χ0n) is 9.22. The van der Waals surface area contributed by atoms with Crippen LogP contribution in [0.2, 0.25) is 0 Å². The van der Waals surface area contributed by atoms with E-state index >= 15 is 0 Å². The third-order valence-electron chi connectivity index (χ3n) is 2.64. The van der Waals surface area contributed by atoms with Crippen LogP contribution in [0.1, 0.15) is 12.8 Å². The van der Waals surface area contributed by atoms with E-state index in [9.17, 15) is 9.59 Å². The quantitative estimate of drug-likeness (QED) is 0.637. The third-order valence-corrected chi connectivity index (χ3v) is 3.56. The average Bonchev–Trinajstić information content (AvgIpc) is 2.29. The molecule has 0 bridgehead atoms. The van der Waals surface area contributed by atoms with Crippen molar-refractivity contribution in [1.82, 2.24) is 4.90 Å². The highest BCUT2D eigenvalue weighted by Gasteiger charge is 2.26. The molecule has 92 valence electrons. The molecular weight excluding hydrogens is 228 g/mol. The van der Waals surface area contributed by atoms with Crippen LogP contribution in [0.5, 0.6) is 0 Å². The van der Waals surface area contributed by atoms with Gasteiger partial charge in [0.2, 0.25) is 11.8 Å². The van der Waals surface area contributed by atoms with Crippen molar-refractivity contribution in [2.24, 2.45) is 11.7 Å². The second-order valence-corrected chi connectivity index (χ2v) is 4.96. The molecule has 2 amide bonds. The van der Waals surface area contributed by atoms with Crippen molar-refractivity contribution in [3.8, 4) is 0 Å². The Kier molecular flexibility index (Phi) is 5.62. The molecule has 1 aliphatic heterocycles. The second-order valence-electron chi connectivity index (χ2n) is 3.86. The number of amides is 2. The molecule has 1 aliphatic rings. The fraction of sp³-hybridized carbons (Fsp3) is 0.800. The van der Waals surface area contributed by atoms with Crippen molar-refractivity contribution >= 4 is 23.6 Å². The molecule has 16 heavy (non-hydrogen) atoms. The van der Waals surface area contributed by atoms with Gasteiger partial charge in [-0.1, -0.05) is 0 Å². The molecule has 6 heteroatoms. The maximum Gasteiger partial charge on any atom is 0.232 e. The number of thioether (sulfide) groups is 1. The lowest BCUT2D eigenvalue weighted by molar-refractivity contribution is -0.132. The Morgan fingerprint density at radius 3 is 2.88 bits per heavy atom. The molecule has 0 radical (unpaired) electrons. The first-order chi connectivity index (χ1) is 7.65. The topological polar surface area (TPSA) is 83.6 Å². The van der Waals surface area contributed by atoms with Crippen molar-refractivity contribution in [1.29, 1.82) is 0 Å². The monoisotopic (exact) mass is 246 g/mol. The van der Waals surface area contributed by atoms with Crippen molar-refractivity contribution in [3.05, 3.63) is 0 Å². The van der Waals surface area contributed by atoms with Gasteiger partial charge in [0.25, 0.3) is 0 Å². The minimum Gasteiger partial charge on any atom is -0.396 e. The third kappa shape index (κ3) is 4.02. The lowest BCUT2D eigenvalue weighted by Gasteiger charge is -2.31. The van der Waals surface area contributed by atoms with E-state index in [0.717, 1.165) is 12.8 Å². The normalized spacial score (nSPS) is 20.8. The molecule has 0 aromatic carbocycles. The number of carbonyl (C=O) groups is 2. The summed E-state index contributed by atoms with van der Waals surface area (Å²) in [4.78, 5) is 24.4. The summed E-state index contributed by atoms with van der Waals surface area (Å²) < 4.78 is 0. The predicted molar refractivity (Wildman–Crippen MR) is 62.9 cm³/mol. The van der Waals surface area contributed by atoms with Crippen LogP contribution in [0.3, 0.4) is 0 Å². The van der Waals surface area contributed by atoms with E-state index in [-0.39, 0.29) is 24.3 Å². The summed E-state index contributed by atoms with van der Waals surface area (Å²) in [6.07, 6.45) is 1.62. The minimum atomic E-state index is -0.319. The van der Waals surface area contributed by atoms with Gasteiger partial charge in [0.05, 0.1) is 18.3 Å². The lowest BCUT2D eigenvalue weighted by atomic mass is 9.97. The number of hydrogen-bond acceptors (Lipinski definition) is 4. The highest BCUT2D eigenvalue weighted by molar-refractivity contribution is 7.99. The number of aliphatic hydroxyl groups excluding tert-OH is 1. The van der Waals surface area contributed by atoms with E-state index in [1.54, 1.807) is 4.90 Å². The van der Waals surface area contributed by atoms with Gasteiger partial charge in [0, 0.05) is 18.8 Å². The van der Waals surface area contributed by atoms with Crippen LogP contribution in [-0.4, -0.2) is 53.0 Å². The smallest absolute Gasteiger partial charge is 0.232 e. The van der Waals surface area contributed by atoms with E-state index < -0.39 is 0 Å². The van der Waals surface area contributed by atoms with E-state index in [4.69, 9.17) is 10.8 Å². The highest BCUT2D eigenvalue weighted by atomic mass is 32.2. The van der Waals surface area contributed by atoms with Crippen LogP contribution in [0, 0.1) is 5.92 Å². The van der Waals surface area contributed by atoms with Gasteiger partial charge in [-0.15, -0.1) is 11.8 Å². The fourth-order valence-corrected chi connectivity index (χ4v) is 2.38. The molecule has 0 aromatic heterocycles. The number of piperidine rings is 1. The zero-order chi connectivity index (χ0) is 12.0. The number of aliphatic hydroxyl groups is 1. The molecule has 0 spiro atoms. The van der Waals surface area contributed by atoms with Gasteiger partial charge in [-0.25, -0.2) is 0 Å². The van der Waals surface area contributed by atoms with Gasteiger partial charge in [0.1, 0.15) is 0 Å². The Morgan fingerprint density at radius 2 is 2.25 bits per heavy atom. The van der Waals surface area contributed by atoms with Gasteiger partial charge in [-0.3, -0.25) is 9.59 Å². The lowest BCUT2D eigenvalue weighted by Crippen LogP contribution is -2.44. The molecule has 5 nitrogen and oxygen atoms in total. The largest absolute Gasteiger partial charge is 0.396 e. The fourth-order valence-electron chi connectivity index (χ4n) is 1.75. The minimum absolute atomic E-state index is 0.0319. The number of rotatable bonds is 5. The van der Waals surface area contributed by atoms with Crippen LogP contribution in [-0.2, 0) is 9.59 Å². The zero-order valence-corrected chi connectivity index (χ0v) is 10.0. The van der Waals surface area contributed by atoms with Gasteiger partial charge in [0.15, 0.2) is 0 Å². The van der Waals surface area contributed by atoms with Gasteiger partial charge >= 0.3 is 0 Å². The Morgan fingerprint density at radius 1 is 1.50 bits per heavy atom. The van der Waals surface area contributed by atoms with Crippen LogP contribution in [0.15, 0.2) is 0 Å². The number of hydrogen-bond donors (Lipinski definition) is 2. The maximum atomic E-state index is 11.7. The molecule has 0 aliphatic carbocycles. The van der Waals surface area contributed by atoms with E-state index in [2.05, 4.69) is 0 Å². The number of likely N-dealkylation sites (tertiary alicyclic amines) is 1. The number of carbonyl (C=O) groups excluding carboxylic acids is 2. The van der Waals surface area contributed by atoms with Gasteiger partial charge in [-0.2, -0.15) is 0 Å². The molecular formula is C10H18N2O3S. The van der Waals surface area contributed by atoms with E-state index in [0.29, 0.717) is 24.6 Å². The van der Waals surface area contributed by atoms with E-state index in [1.165, 1.54) is 11.8 Å². The van der Waals surface area contributed by atoms with Gasteiger partial charge in [-0.05, 0) is 12.8 Å². The number of primary amides is 1. The number of nitrogens with two attached hydrogens (primary N) is 1. The van der Waals surface area contributed by atoms with E-state index in [1.807, 2.05) is 0 Å². The first kappa shape index (κ1) is 13.3. The first-order valence-corrected chi connectivity index (χ1v) is 6.56. The first-order valence-electron chi connectivity index (χ1n) is 5.41. The van der Waals surface area contributed by atoms with Crippen LogP contribution in [0.25, 0.3) is 0 Å². The summed E-state index contributed by atoms with van der Waals surface area (Å²) in [7, 11) is 0. The van der Waals surface area contributed by atoms with Crippen LogP contribution < -0.4 is 5.73 Å². The summed E-state index contributed by atoms with van der Waals surface area (Å²) in [6, 6.07) is 0. The Hall–Kier alpha value is -0.750. The van der Waals surface area contributed by atoms with Crippen molar-refractivity contribution in [2.75, 3.05) is 31.2 Å². The molecule has 1 fully saturated rings. The Balaban J connectivity index is 2.35. The van der Waals surface area contributed by atoms with Gasteiger partial charge < -0.3 is 15.7 Å². The second kappa shape index (κ2) is 6.75. The summed E-state index contributed by atoms with van der Waals surface area (Å²) >= 11 is 1.41. The maximum absolute atomic E-state index is 11.7. The van der Waals surface area contributed by atoms with Crippen LogP contribution >= 0.6 is 11.8 Å². The van der Waals surface area contributed by atoms with Crippen molar-refractivity contribution in [2.45, 2.75) is 12.8 Å². The van der Waals surface area contributed by atoms with Crippen LogP contribution in [0.4, 0.5) is 0 Å². The molecule has 1 saturated heterocycles. The number of nitrogens with zero attached hydrogens (tertiary/aromatic N) is 1. The molecule has 1 atom stereocenters. The summed E-state index contributed by atoms with van der Waals surface area (Å²) in [6.45, 7) is 1.25. The molecule has 1 heterocycles. The van der Waals surface area contributed by atoms with Crippen molar-refractivity contribution in [3.63, 3.8) is 0 Å². The molecule has 0 saturated carbocycles. The average molecular weight is 246 g/mol. The molecule has 3 N–H and O–H groups in total. The SMILES string of the molecule is NC(=O)C1CCCN(C(=O)CSCCO)C1. The summed E-state index contributed by atoms with van der Waals surface area (Å²) in [5.74, 6) is 0.454. The molecule has 0 aromatic rings. The predicted octanol–water partition coefficient (Wildman–Crippen LogP) is -0.564.